The van der Waals surface area contributed by atoms with E-state index in [4.69, 9.17) is 21.1 Å². The Morgan fingerprint density at radius 2 is 2.00 bits per heavy atom. The van der Waals surface area contributed by atoms with Gasteiger partial charge in [0.05, 0.1) is 17.6 Å². The van der Waals surface area contributed by atoms with Crippen LogP contribution in [0.25, 0.3) is 0 Å². The van der Waals surface area contributed by atoms with Crippen LogP contribution in [0.3, 0.4) is 0 Å². The number of hydrogen-bond donors (Lipinski definition) is 0. The number of alkyl halides is 1. The molecule has 4 rings (SSSR count). The van der Waals surface area contributed by atoms with Crippen LogP contribution >= 0.6 is 27.5 Å². The third-order valence-corrected chi connectivity index (χ3v) is 7.11. The van der Waals surface area contributed by atoms with Crippen LogP contribution in [0.4, 0.5) is 13.6 Å². The molecule has 0 saturated carbocycles. The van der Waals surface area contributed by atoms with Crippen molar-refractivity contribution in [2.24, 2.45) is 0 Å². The topological polar surface area (TPSA) is 38.8 Å². The summed E-state index contributed by atoms with van der Waals surface area (Å²) in [5, 5.41) is -0.0370. The molecule has 31 heavy (non-hydrogen) atoms. The first-order chi connectivity index (χ1) is 14.5. The average Bonchev–Trinajstić information content (AvgIpc) is 3.28. The highest BCUT2D eigenvalue weighted by Crippen LogP contribution is 2.51. The van der Waals surface area contributed by atoms with Crippen LogP contribution in [0, 0.1) is 5.82 Å². The molecule has 0 N–H and O–H groups in total. The van der Waals surface area contributed by atoms with Gasteiger partial charge < -0.3 is 9.47 Å². The fourth-order valence-corrected chi connectivity index (χ4v) is 5.06. The van der Waals surface area contributed by atoms with Crippen LogP contribution in [0.5, 0.6) is 5.75 Å². The molecule has 0 bridgehead atoms. The molecule has 1 amide bonds. The van der Waals surface area contributed by atoms with Crippen LogP contribution in [0.1, 0.15) is 38.3 Å². The zero-order valence-electron chi connectivity index (χ0n) is 17.4. The minimum atomic E-state index is -1.23. The molecule has 2 aliphatic heterocycles. The van der Waals surface area contributed by atoms with E-state index in [1.54, 1.807) is 20.8 Å². The van der Waals surface area contributed by atoms with Gasteiger partial charge in [0.1, 0.15) is 23.3 Å². The Balaban J connectivity index is 1.82. The van der Waals surface area contributed by atoms with E-state index in [1.165, 1.54) is 11.0 Å². The number of nitrogens with zero attached hydrogens (tertiary/aromatic N) is 1. The van der Waals surface area contributed by atoms with Gasteiger partial charge in [0.2, 0.25) is 0 Å². The number of carbonyl (C=O) groups excluding carboxylic acids is 1. The summed E-state index contributed by atoms with van der Waals surface area (Å²) < 4.78 is 41.4. The highest BCUT2D eigenvalue weighted by Gasteiger charge is 2.56. The van der Waals surface area contributed by atoms with Crippen molar-refractivity contribution in [3.8, 4) is 5.75 Å². The number of carbonyl (C=O) groups is 1. The summed E-state index contributed by atoms with van der Waals surface area (Å²) in [5.74, 6) is -0.293. The first-order valence-corrected chi connectivity index (χ1v) is 11.2. The third-order valence-electron chi connectivity index (χ3n) is 5.63. The van der Waals surface area contributed by atoms with E-state index in [-0.39, 0.29) is 18.0 Å². The Labute approximate surface area is 193 Å². The second-order valence-electron chi connectivity index (χ2n) is 8.98. The molecule has 166 valence electrons. The van der Waals surface area contributed by atoms with Crippen molar-refractivity contribution in [3.05, 3.63) is 62.8 Å². The van der Waals surface area contributed by atoms with Crippen LogP contribution in [0.15, 0.2) is 40.9 Å². The van der Waals surface area contributed by atoms with Gasteiger partial charge in [-0.3, -0.25) is 4.90 Å². The molecule has 0 unspecified atom stereocenters. The number of benzene rings is 2. The first-order valence-electron chi connectivity index (χ1n) is 10.1. The maximum atomic E-state index is 14.7. The van der Waals surface area contributed by atoms with Gasteiger partial charge in [-0.1, -0.05) is 41.9 Å². The molecular weight excluding hydrogens is 492 g/mol. The lowest BCUT2D eigenvalue weighted by atomic mass is 9.81. The monoisotopic (exact) mass is 513 g/mol. The number of amides is 1. The molecule has 1 saturated heterocycles. The van der Waals surface area contributed by atoms with Crippen molar-refractivity contribution in [2.75, 3.05) is 6.54 Å². The second kappa shape index (κ2) is 7.93. The summed E-state index contributed by atoms with van der Waals surface area (Å²) in [5.41, 5.74) is -0.389. The minimum Gasteiger partial charge on any atom is -0.480 e. The Morgan fingerprint density at radius 1 is 1.32 bits per heavy atom. The van der Waals surface area contributed by atoms with E-state index < -0.39 is 35.3 Å². The van der Waals surface area contributed by atoms with Crippen LogP contribution in [0.2, 0.25) is 5.02 Å². The number of likely N-dealkylation sites (tertiary alicyclic amines) is 1. The van der Waals surface area contributed by atoms with E-state index in [9.17, 15) is 13.6 Å². The molecule has 2 heterocycles. The second-order valence-corrected chi connectivity index (χ2v) is 10.1. The molecule has 0 spiro atoms. The summed E-state index contributed by atoms with van der Waals surface area (Å²) in [7, 11) is 0. The number of ether oxygens (including phenoxy) is 2. The van der Waals surface area contributed by atoms with Crippen molar-refractivity contribution in [2.45, 2.75) is 57.0 Å². The molecule has 3 atom stereocenters. The van der Waals surface area contributed by atoms with Gasteiger partial charge in [0.15, 0.2) is 5.60 Å². The van der Waals surface area contributed by atoms with Gasteiger partial charge in [0, 0.05) is 28.9 Å². The van der Waals surface area contributed by atoms with Gasteiger partial charge in [-0.15, -0.1) is 0 Å². The van der Waals surface area contributed by atoms with E-state index in [0.717, 1.165) is 5.56 Å². The van der Waals surface area contributed by atoms with Crippen molar-refractivity contribution in [1.82, 2.24) is 4.90 Å². The standard InChI is InChI=1S/C23H23BrClF2NO3/c1-22(2,3)31-21(29)28-12-14(26)9-18(28)23(13-7-5-4-6-8-13)11-15-17(30-23)10-16(27)20(25)19(15)24/h4-8,10,14,18H,9,11-12H2,1-3H3/t14-,18+,23+/m1/s1. The van der Waals surface area contributed by atoms with E-state index in [2.05, 4.69) is 15.9 Å². The molecular formula is C23H23BrClF2NO3. The van der Waals surface area contributed by atoms with Crippen LogP contribution in [-0.4, -0.2) is 35.4 Å². The van der Waals surface area contributed by atoms with Gasteiger partial charge in [-0.25, -0.2) is 13.6 Å². The maximum Gasteiger partial charge on any atom is 0.410 e. The Hall–Kier alpha value is -1.86. The van der Waals surface area contributed by atoms with Crippen molar-refractivity contribution >= 4 is 33.6 Å². The van der Waals surface area contributed by atoms with Crippen molar-refractivity contribution < 1.29 is 23.0 Å². The zero-order valence-corrected chi connectivity index (χ0v) is 19.8. The average molecular weight is 515 g/mol. The number of rotatable bonds is 2. The predicted molar refractivity (Wildman–Crippen MR) is 118 cm³/mol. The van der Waals surface area contributed by atoms with Gasteiger partial charge in [-0.05, 0) is 42.3 Å². The Bertz CT molecular complexity index is 1010. The SMILES string of the molecule is CC(C)(C)OC(=O)N1C[C@H](F)C[C@H]1[C@@]1(c2ccccc2)Cc2c(cc(F)c(Cl)c2Br)O1. The summed E-state index contributed by atoms with van der Waals surface area (Å²) in [6, 6.07) is 9.91. The van der Waals surface area contributed by atoms with Crippen molar-refractivity contribution in [3.63, 3.8) is 0 Å². The molecule has 0 radical (unpaired) electrons. The Morgan fingerprint density at radius 3 is 2.65 bits per heavy atom. The third kappa shape index (κ3) is 4.02. The molecule has 8 heteroatoms. The lowest BCUT2D eigenvalue weighted by molar-refractivity contribution is -0.0216. The molecule has 1 fully saturated rings. The van der Waals surface area contributed by atoms with E-state index >= 15 is 0 Å². The van der Waals surface area contributed by atoms with Gasteiger partial charge >= 0.3 is 6.09 Å². The van der Waals surface area contributed by atoms with E-state index in [0.29, 0.717) is 22.2 Å². The predicted octanol–water partition coefficient (Wildman–Crippen LogP) is 6.42. The summed E-state index contributed by atoms with van der Waals surface area (Å²) in [6.45, 7) is 5.20. The smallest absolute Gasteiger partial charge is 0.410 e. The van der Waals surface area contributed by atoms with Gasteiger partial charge in [0.25, 0.3) is 0 Å². The molecule has 2 aromatic carbocycles. The molecule has 2 aromatic rings. The fourth-order valence-electron chi connectivity index (χ4n) is 4.37. The normalized spacial score (nSPS) is 25.3. The lowest BCUT2D eigenvalue weighted by Gasteiger charge is -2.40. The molecule has 0 aliphatic carbocycles. The zero-order chi connectivity index (χ0) is 22.6. The highest BCUT2D eigenvalue weighted by molar-refractivity contribution is 9.10. The first kappa shape index (κ1) is 22.3. The molecule has 0 aromatic heterocycles. The number of hydrogen-bond acceptors (Lipinski definition) is 3. The van der Waals surface area contributed by atoms with Crippen LogP contribution in [-0.2, 0) is 16.8 Å². The van der Waals surface area contributed by atoms with Crippen molar-refractivity contribution in [1.29, 1.82) is 0 Å². The van der Waals surface area contributed by atoms with Gasteiger partial charge in [-0.2, -0.15) is 0 Å². The summed E-state index contributed by atoms with van der Waals surface area (Å²) >= 11 is 9.49. The largest absolute Gasteiger partial charge is 0.480 e. The quantitative estimate of drug-likeness (QED) is 0.434. The van der Waals surface area contributed by atoms with E-state index in [1.807, 2.05) is 30.3 Å². The fraction of sp³-hybridized carbons (Fsp3) is 0.435. The highest BCUT2D eigenvalue weighted by atomic mass is 79.9. The number of halogens is 4. The number of fused-ring (bicyclic) bond motifs is 1. The molecule has 2 aliphatic rings. The molecule has 4 nitrogen and oxygen atoms in total. The summed E-state index contributed by atoms with van der Waals surface area (Å²) in [6.07, 6.45) is -1.45. The lowest BCUT2D eigenvalue weighted by Crippen LogP contribution is -2.53. The Kier molecular flexibility index (Phi) is 5.71. The van der Waals surface area contributed by atoms with Crippen LogP contribution < -0.4 is 4.74 Å². The minimum absolute atomic E-state index is 0.0370. The summed E-state index contributed by atoms with van der Waals surface area (Å²) in [4.78, 5) is 14.4. The maximum absolute atomic E-state index is 14.7.